The molecule has 11 nitrogen and oxygen atoms in total. The molecule has 2 amide bonds. The molecular formula is C36H35N5O6S. The number of benzene rings is 3. The van der Waals surface area contributed by atoms with Gasteiger partial charge in [0.15, 0.2) is 16.7 Å². The first-order valence-corrected chi connectivity index (χ1v) is 16.8. The zero-order chi connectivity index (χ0) is 33.0. The molecule has 1 saturated heterocycles. The number of piperazine rings is 1. The lowest BCUT2D eigenvalue weighted by Crippen LogP contribution is -2.48. The molecule has 7 rings (SSSR count). The zero-order valence-corrected chi connectivity index (χ0v) is 27.3. The van der Waals surface area contributed by atoms with Crippen molar-refractivity contribution in [1.82, 2.24) is 19.8 Å². The molecule has 2 aromatic heterocycles. The lowest BCUT2D eigenvalue weighted by atomic mass is 10.1. The molecular weight excluding hydrogens is 630 g/mol. The van der Waals surface area contributed by atoms with Crippen LogP contribution < -0.4 is 25.2 Å². The Hall–Kier alpha value is -5.23. The van der Waals surface area contributed by atoms with Crippen LogP contribution in [0, 0.1) is 0 Å². The minimum atomic E-state index is -0.507. The van der Waals surface area contributed by atoms with Gasteiger partial charge in [-0.25, -0.2) is 4.98 Å². The number of ether oxygens (including phenoxy) is 2. The number of rotatable bonds is 10. The number of para-hydroxylation sites is 1. The van der Waals surface area contributed by atoms with Crippen LogP contribution in [0.3, 0.4) is 0 Å². The van der Waals surface area contributed by atoms with E-state index in [4.69, 9.17) is 18.9 Å². The SMILES string of the molecule is CC[C@@H](Sc1nc2cc3c(cc2c(=O)n1Cc1ccc(C(=O)N2CCN(c4ccccc4)CC2)cc1)OCO3)C(=O)NCc1ccco1. The molecule has 2 aliphatic heterocycles. The van der Waals surface area contributed by atoms with Crippen LogP contribution in [-0.4, -0.2) is 64.5 Å². The Morgan fingerprint density at radius 3 is 2.40 bits per heavy atom. The highest BCUT2D eigenvalue weighted by atomic mass is 32.2. The number of carbonyl (C=O) groups excluding carboxylic acids is 2. The summed E-state index contributed by atoms with van der Waals surface area (Å²) in [6.07, 6.45) is 2.08. The second-order valence-electron chi connectivity index (χ2n) is 11.6. The van der Waals surface area contributed by atoms with E-state index in [1.54, 1.807) is 35.1 Å². The number of furan rings is 1. The van der Waals surface area contributed by atoms with Crippen molar-refractivity contribution < 1.29 is 23.5 Å². The maximum absolute atomic E-state index is 14.0. The number of nitrogens with zero attached hydrogens (tertiary/aromatic N) is 4. The fourth-order valence-electron chi connectivity index (χ4n) is 5.90. The topological polar surface area (TPSA) is 119 Å². The van der Waals surface area contributed by atoms with E-state index in [0.29, 0.717) is 58.4 Å². The standard InChI is InChI=1S/C36H35N5O6S/c1-2-32(33(42)37-21-27-9-6-18-45-27)48-36-38-29-20-31-30(46-23-47-31)19-28(29)35(44)41(36)22-24-10-12-25(13-11-24)34(43)40-16-14-39(15-17-40)26-7-4-3-5-8-26/h3-13,18-20,32H,2,14-17,21-23H2,1H3,(H,37,42)/t32-/m1/s1. The van der Waals surface area contributed by atoms with Crippen LogP contribution in [0.15, 0.2) is 99.5 Å². The van der Waals surface area contributed by atoms with Crippen molar-refractivity contribution in [2.75, 3.05) is 37.9 Å². The highest BCUT2D eigenvalue weighted by molar-refractivity contribution is 8.00. The molecule has 0 aliphatic carbocycles. The molecule has 2 aliphatic rings. The van der Waals surface area contributed by atoms with Gasteiger partial charge in [0.25, 0.3) is 11.5 Å². The molecule has 1 N–H and O–H groups in total. The quantitative estimate of drug-likeness (QED) is 0.164. The molecule has 1 fully saturated rings. The number of amides is 2. The van der Waals surface area contributed by atoms with Crippen molar-refractivity contribution in [3.63, 3.8) is 0 Å². The van der Waals surface area contributed by atoms with E-state index < -0.39 is 5.25 Å². The van der Waals surface area contributed by atoms with Gasteiger partial charge in [0.2, 0.25) is 12.7 Å². The van der Waals surface area contributed by atoms with E-state index >= 15 is 0 Å². The third-order valence-corrected chi connectivity index (χ3v) is 9.93. The maximum atomic E-state index is 14.0. The van der Waals surface area contributed by atoms with Gasteiger partial charge in [-0.3, -0.25) is 19.0 Å². The van der Waals surface area contributed by atoms with E-state index in [2.05, 4.69) is 22.3 Å². The number of aromatic nitrogens is 2. The minimum absolute atomic E-state index is 0.0162. The van der Waals surface area contributed by atoms with Gasteiger partial charge in [-0.05, 0) is 54.4 Å². The van der Waals surface area contributed by atoms with Gasteiger partial charge in [-0.15, -0.1) is 0 Å². The van der Waals surface area contributed by atoms with Crippen LogP contribution in [0.25, 0.3) is 10.9 Å². The number of carbonyl (C=O) groups is 2. The van der Waals surface area contributed by atoms with Gasteiger partial charge in [-0.2, -0.15) is 0 Å². The summed E-state index contributed by atoms with van der Waals surface area (Å²) in [7, 11) is 0. The fourth-order valence-corrected chi connectivity index (χ4v) is 6.93. The Morgan fingerprint density at radius 1 is 0.938 bits per heavy atom. The molecule has 0 radical (unpaired) electrons. The molecule has 3 aromatic carbocycles. The fraction of sp³-hybridized carbons (Fsp3) is 0.278. The molecule has 12 heteroatoms. The number of hydrogen-bond donors (Lipinski definition) is 1. The number of nitrogens with one attached hydrogen (secondary N) is 1. The third-order valence-electron chi connectivity index (χ3n) is 8.57. The molecule has 1 atom stereocenters. The van der Waals surface area contributed by atoms with Crippen molar-refractivity contribution in [3.8, 4) is 11.5 Å². The summed E-state index contributed by atoms with van der Waals surface area (Å²) >= 11 is 1.24. The number of fused-ring (bicyclic) bond motifs is 2. The molecule has 0 spiro atoms. The van der Waals surface area contributed by atoms with Gasteiger partial charge in [0.05, 0.1) is 35.5 Å². The van der Waals surface area contributed by atoms with Crippen molar-refractivity contribution in [1.29, 1.82) is 0 Å². The van der Waals surface area contributed by atoms with E-state index in [9.17, 15) is 14.4 Å². The first-order valence-electron chi connectivity index (χ1n) is 16.0. The van der Waals surface area contributed by atoms with Gasteiger partial charge in [0, 0.05) is 43.5 Å². The second kappa shape index (κ2) is 13.9. The third kappa shape index (κ3) is 6.61. The zero-order valence-electron chi connectivity index (χ0n) is 26.5. The van der Waals surface area contributed by atoms with Crippen LogP contribution in [0.5, 0.6) is 11.5 Å². The summed E-state index contributed by atoms with van der Waals surface area (Å²) < 4.78 is 18.0. The van der Waals surface area contributed by atoms with Crippen molar-refractivity contribution >= 4 is 40.2 Å². The molecule has 48 heavy (non-hydrogen) atoms. The molecule has 4 heterocycles. The Bertz CT molecular complexity index is 1970. The summed E-state index contributed by atoms with van der Waals surface area (Å²) in [5.74, 6) is 1.46. The Labute approximate surface area is 281 Å². The smallest absolute Gasteiger partial charge is 0.262 e. The maximum Gasteiger partial charge on any atom is 0.262 e. The monoisotopic (exact) mass is 665 g/mol. The van der Waals surface area contributed by atoms with Crippen molar-refractivity contribution in [2.24, 2.45) is 0 Å². The summed E-state index contributed by atoms with van der Waals surface area (Å²) in [6.45, 7) is 5.27. The largest absolute Gasteiger partial charge is 0.467 e. The predicted octanol–water partition coefficient (Wildman–Crippen LogP) is 4.92. The Morgan fingerprint density at radius 2 is 1.69 bits per heavy atom. The van der Waals surface area contributed by atoms with Crippen LogP contribution in [0.1, 0.15) is 35.0 Å². The van der Waals surface area contributed by atoms with Crippen molar-refractivity contribution in [2.45, 2.75) is 36.8 Å². The molecule has 0 bridgehead atoms. The van der Waals surface area contributed by atoms with Gasteiger partial charge in [-0.1, -0.05) is 49.0 Å². The molecule has 5 aromatic rings. The summed E-state index contributed by atoms with van der Waals surface area (Å²) in [5.41, 5.74) is 2.78. The Kier molecular flexibility index (Phi) is 9.06. The molecule has 0 unspecified atom stereocenters. The van der Waals surface area contributed by atoms with Crippen LogP contribution in [-0.2, 0) is 17.9 Å². The van der Waals surface area contributed by atoms with E-state index in [0.717, 1.165) is 24.3 Å². The first-order chi connectivity index (χ1) is 23.5. The lowest BCUT2D eigenvalue weighted by Gasteiger charge is -2.36. The van der Waals surface area contributed by atoms with Crippen molar-refractivity contribution in [3.05, 3.63) is 112 Å². The van der Waals surface area contributed by atoms with E-state index in [1.165, 1.54) is 11.8 Å². The Balaban J connectivity index is 1.11. The summed E-state index contributed by atoms with van der Waals surface area (Å²) in [5, 5.41) is 3.21. The second-order valence-corrected chi connectivity index (χ2v) is 12.8. The predicted molar refractivity (Wildman–Crippen MR) is 183 cm³/mol. The number of thioether (sulfide) groups is 1. The normalized spacial score (nSPS) is 14.7. The average Bonchev–Trinajstić information content (AvgIpc) is 3.83. The number of hydrogen-bond acceptors (Lipinski definition) is 9. The lowest BCUT2D eigenvalue weighted by molar-refractivity contribution is -0.120. The van der Waals surface area contributed by atoms with E-state index in [-0.39, 0.29) is 37.3 Å². The minimum Gasteiger partial charge on any atom is -0.467 e. The van der Waals surface area contributed by atoms with Crippen LogP contribution in [0.4, 0.5) is 5.69 Å². The van der Waals surface area contributed by atoms with E-state index in [1.807, 2.05) is 54.3 Å². The van der Waals surface area contributed by atoms with Crippen LogP contribution >= 0.6 is 11.8 Å². The summed E-state index contributed by atoms with van der Waals surface area (Å²) in [4.78, 5) is 49.6. The average molecular weight is 666 g/mol. The van der Waals surface area contributed by atoms with Gasteiger partial charge < -0.3 is 29.0 Å². The number of anilines is 1. The molecule has 246 valence electrons. The molecule has 0 saturated carbocycles. The van der Waals surface area contributed by atoms with Gasteiger partial charge >= 0.3 is 0 Å². The first kappa shape index (κ1) is 31.4. The highest BCUT2D eigenvalue weighted by Gasteiger charge is 2.25. The van der Waals surface area contributed by atoms with Crippen LogP contribution in [0.2, 0.25) is 0 Å². The highest BCUT2D eigenvalue weighted by Crippen LogP contribution is 2.35. The summed E-state index contributed by atoms with van der Waals surface area (Å²) in [6, 6.07) is 24.5. The van der Waals surface area contributed by atoms with Gasteiger partial charge in [0.1, 0.15) is 5.76 Å².